The molecule has 3 heterocycles. The summed E-state index contributed by atoms with van der Waals surface area (Å²) in [6.07, 6.45) is 9.16. The van der Waals surface area contributed by atoms with E-state index in [0.717, 1.165) is 58.7 Å². The van der Waals surface area contributed by atoms with E-state index in [1.165, 1.54) is 17.8 Å². The Morgan fingerprint density at radius 1 is 1.11 bits per heavy atom. The number of pyridine rings is 2. The molecule has 1 atom stereocenters. The molecule has 1 saturated carbocycles. The Hall–Kier alpha value is -3.82. The Bertz CT molecular complexity index is 1520. The molecule has 194 valence electrons. The van der Waals surface area contributed by atoms with Crippen LogP contribution in [0.4, 0.5) is 11.6 Å². The van der Waals surface area contributed by atoms with E-state index in [2.05, 4.69) is 15.3 Å². The summed E-state index contributed by atoms with van der Waals surface area (Å²) in [6, 6.07) is 12.6. The van der Waals surface area contributed by atoms with Crippen LogP contribution in [0.5, 0.6) is 5.75 Å². The molecule has 0 saturated heterocycles. The molecular weight excluding hydrogens is 500 g/mol. The first-order chi connectivity index (χ1) is 18.4. The Balaban J connectivity index is 1.26. The van der Waals surface area contributed by atoms with Crippen LogP contribution in [-0.2, 0) is 12.0 Å². The fourth-order valence-corrected chi connectivity index (χ4v) is 6.04. The highest BCUT2D eigenvalue weighted by atomic mass is 32.1. The van der Waals surface area contributed by atoms with Gasteiger partial charge in [0.05, 0.1) is 22.2 Å². The van der Waals surface area contributed by atoms with Gasteiger partial charge in [-0.1, -0.05) is 6.07 Å². The van der Waals surface area contributed by atoms with Crippen molar-refractivity contribution in [2.24, 2.45) is 0 Å². The standard InChI is InChI=1S/C29H28N4O4S/c1-17-12-23(32-26(13-17)33-25-15-21(9-11-30-25)37-20-5-2-6-20)24-16-31-28(38-24)29(36)10-3-4-18-14-19(27(34)35)7-8-22(18)29/h7-9,11-16,20,36H,2-6,10H2,1H3,(H,34,35)(H,30,32,33). The number of ether oxygens (including phenoxy) is 1. The van der Waals surface area contributed by atoms with Crippen molar-refractivity contribution < 1.29 is 19.7 Å². The monoisotopic (exact) mass is 528 g/mol. The number of anilines is 2. The van der Waals surface area contributed by atoms with Crippen molar-refractivity contribution >= 4 is 28.9 Å². The number of aromatic nitrogens is 3. The highest BCUT2D eigenvalue weighted by Crippen LogP contribution is 2.43. The highest BCUT2D eigenvalue weighted by molar-refractivity contribution is 7.15. The van der Waals surface area contributed by atoms with Gasteiger partial charge in [0.2, 0.25) is 0 Å². The SMILES string of the molecule is Cc1cc(Nc2cc(OC3CCC3)ccn2)nc(-c2cnc(C3(O)CCCc4cc(C(=O)O)ccc43)s2)c1. The third kappa shape index (κ3) is 4.75. The van der Waals surface area contributed by atoms with E-state index in [1.807, 2.05) is 31.2 Å². The number of fused-ring (bicyclic) bond motifs is 1. The molecule has 0 amide bonds. The number of nitrogens with zero attached hydrogens (tertiary/aromatic N) is 3. The first-order valence-corrected chi connectivity index (χ1v) is 13.6. The van der Waals surface area contributed by atoms with E-state index < -0.39 is 11.6 Å². The average molecular weight is 529 g/mol. The van der Waals surface area contributed by atoms with Gasteiger partial charge in [0, 0.05) is 18.5 Å². The van der Waals surface area contributed by atoms with E-state index in [1.54, 1.807) is 30.6 Å². The maximum atomic E-state index is 11.7. The molecule has 38 heavy (non-hydrogen) atoms. The first-order valence-electron chi connectivity index (χ1n) is 12.8. The number of carbonyl (C=O) groups is 1. The normalized spacial score (nSPS) is 18.9. The molecular formula is C29H28N4O4S. The second kappa shape index (κ2) is 9.81. The second-order valence-corrected chi connectivity index (χ2v) is 11.0. The summed E-state index contributed by atoms with van der Waals surface area (Å²) in [4.78, 5) is 26.1. The number of thiazole rings is 1. The Kier molecular flexibility index (Phi) is 6.33. The fraction of sp³-hybridized carbons (Fsp3) is 0.310. The van der Waals surface area contributed by atoms with Gasteiger partial charge in [-0.15, -0.1) is 11.3 Å². The summed E-state index contributed by atoms with van der Waals surface area (Å²) in [6.45, 7) is 2.01. The lowest BCUT2D eigenvalue weighted by molar-refractivity contribution is 0.0607. The van der Waals surface area contributed by atoms with Gasteiger partial charge in [-0.05, 0) is 92.5 Å². The summed E-state index contributed by atoms with van der Waals surface area (Å²) < 4.78 is 6.00. The predicted molar refractivity (Wildman–Crippen MR) is 145 cm³/mol. The molecule has 2 aliphatic rings. The zero-order valence-corrected chi connectivity index (χ0v) is 21.8. The number of nitrogens with one attached hydrogen (secondary N) is 1. The summed E-state index contributed by atoms with van der Waals surface area (Å²) >= 11 is 1.40. The molecule has 2 aliphatic carbocycles. The van der Waals surface area contributed by atoms with E-state index in [-0.39, 0.29) is 5.56 Å². The van der Waals surface area contributed by atoms with Gasteiger partial charge in [-0.3, -0.25) is 0 Å². The Labute approximate surface area is 224 Å². The fourth-order valence-electron chi connectivity index (χ4n) is 5.03. The number of rotatable bonds is 7. The van der Waals surface area contributed by atoms with Crippen molar-refractivity contribution in [3.63, 3.8) is 0 Å². The zero-order chi connectivity index (χ0) is 26.3. The second-order valence-electron chi connectivity index (χ2n) is 10.0. The maximum absolute atomic E-state index is 11.7. The number of hydrogen-bond acceptors (Lipinski definition) is 8. The number of aromatic carboxylic acids is 1. The number of carboxylic acids is 1. The Morgan fingerprint density at radius 2 is 1.97 bits per heavy atom. The predicted octanol–water partition coefficient (Wildman–Crippen LogP) is 5.85. The molecule has 4 aromatic rings. The van der Waals surface area contributed by atoms with E-state index in [0.29, 0.717) is 29.2 Å². The van der Waals surface area contributed by atoms with Crippen LogP contribution in [0.3, 0.4) is 0 Å². The van der Waals surface area contributed by atoms with Crippen molar-refractivity contribution in [3.8, 4) is 16.3 Å². The molecule has 0 radical (unpaired) electrons. The van der Waals surface area contributed by atoms with Gasteiger partial charge in [0.1, 0.15) is 28.0 Å². The molecule has 1 unspecified atom stereocenters. The van der Waals surface area contributed by atoms with Crippen LogP contribution < -0.4 is 10.1 Å². The topological polar surface area (TPSA) is 117 Å². The number of hydrogen-bond donors (Lipinski definition) is 3. The van der Waals surface area contributed by atoms with Crippen LogP contribution in [0.1, 0.15) is 64.2 Å². The van der Waals surface area contributed by atoms with Crippen LogP contribution in [-0.4, -0.2) is 37.2 Å². The van der Waals surface area contributed by atoms with Crippen LogP contribution in [0.15, 0.2) is 54.9 Å². The molecule has 0 bridgehead atoms. The van der Waals surface area contributed by atoms with Gasteiger partial charge >= 0.3 is 5.97 Å². The van der Waals surface area contributed by atoms with Gasteiger partial charge in [-0.25, -0.2) is 19.7 Å². The summed E-state index contributed by atoms with van der Waals surface area (Å²) in [7, 11) is 0. The van der Waals surface area contributed by atoms with Crippen molar-refractivity contribution in [1.29, 1.82) is 0 Å². The smallest absolute Gasteiger partial charge is 0.335 e. The summed E-state index contributed by atoms with van der Waals surface area (Å²) in [5.74, 6) is 1.14. The molecule has 0 spiro atoms. The third-order valence-corrected chi connectivity index (χ3v) is 8.38. The number of benzene rings is 1. The molecule has 8 nitrogen and oxygen atoms in total. The molecule has 3 N–H and O–H groups in total. The van der Waals surface area contributed by atoms with Gasteiger partial charge in [0.15, 0.2) is 0 Å². The van der Waals surface area contributed by atoms with E-state index >= 15 is 0 Å². The molecule has 0 aliphatic heterocycles. The van der Waals surface area contributed by atoms with E-state index in [9.17, 15) is 15.0 Å². The molecule has 9 heteroatoms. The lowest BCUT2D eigenvalue weighted by atomic mass is 9.79. The molecule has 1 aromatic carbocycles. The summed E-state index contributed by atoms with van der Waals surface area (Å²) in [5.41, 5.74) is 2.32. The Morgan fingerprint density at radius 3 is 2.76 bits per heavy atom. The van der Waals surface area contributed by atoms with Crippen molar-refractivity contribution in [2.75, 3.05) is 5.32 Å². The molecule has 3 aromatic heterocycles. The largest absolute Gasteiger partial charge is 0.490 e. The van der Waals surface area contributed by atoms with Crippen molar-refractivity contribution in [1.82, 2.24) is 15.0 Å². The number of carboxylic acid groups (broad SMARTS) is 1. The minimum Gasteiger partial charge on any atom is -0.490 e. The molecule has 1 fully saturated rings. The van der Waals surface area contributed by atoms with Crippen LogP contribution >= 0.6 is 11.3 Å². The first kappa shape index (κ1) is 24.5. The van der Waals surface area contributed by atoms with Crippen LogP contribution in [0, 0.1) is 6.92 Å². The van der Waals surface area contributed by atoms with E-state index in [4.69, 9.17) is 9.72 Å². The third-order valence-electron chi connectivity index (χ3n) is 7.21. The average Bonchev–Trinajstić information content (AvgIpc) is 3.38. The number of aliphatic hydroxyl groups is 1. The van der Waals surface area contributed by atoms with Gasteiger partial charge < -0.3 is 20.3 Å². The molecule has 6 rings (SSSR count). The minimum atomic E-state index is -1.26. The zero-order valence-electron chi connectivity index (χ0n) is 21.0. The maximum Gasteiger partial charge on any atom is 0.335 e. The van der Waals surface area contributed by atoms with Crippen molar-refractivity contribution in [3.05, 3.63) is 82.1 Å². The van der Waals surface area contributed by atoms with Crippen LogP contribution in [0.25, 0.3) is 10.6 Å². The van der Waals surface area contributed by atoms with Crippen molar-refractivity contribution in [2.45, 2.75) is 57.2 Å². The number of aryl methyl sites for hydroxylation is 2. The lowest BCUT2D eigenvalue weighted by Gasteiger charge is -2.33. The van der Waals surface area contributed by atoms with Crippen LogP contribution in [0.2, 0.25) is 0 Å². The highest BCUT2D eigenvalue weighted by Gasteiger charge is 2.39. The summed E-state index contributed by atoms with van der Waals surface area (Å²) in [5, 5.41) is 25.0. The van der Waals surface area contributed by atoms with Gasteiger partial charge in [-0.2, -0.15) is 0 Å². The quantitative estimate of drug-likeness (QED) is 0.273. The van der Waals surface area contributed by atoms with Gasteiger partial charge in [0.25, 0.3) is 0 Å². The minimum absolute atomic E-state index is 0.228. The lowest BCUT2D eigenvalue weighted by Crippen LogP contribution is -2.32.